The molecule has 2 atom stereocenters. The van der Waals surface area contributed by atoms with E-state index in [0.717, 1.165) is 6.42 Å². The summed E-state index contributed by atoms with van der Waals surface area (Å²) in [6.07, 6.45) is 2.07. The molecule has 2 N–H and O–H groups in total. The Morgan fingerprint density at radius 1 is 1.10 bits per heavy atom. The second-order valence-electron chi connectivity index (χ2n) is 7.65. The zero-order valence-corrected chi connectivity index (χ0v) is 18.3. The molecule has 0 unspecified atom stereocenters. The van der Waals surface area contributed by atoms with E-state index in [4.69, 9.17) is 9.47 Å². The van der Waals surface area contributed by atoms with E-state index < -0.39 is 6.04 Å². The SMILES string of the molecule is CC[C@@H](C)NC(=O)[C@@H](NC(=O)c1ccc(OC)cc1)C1CCN(C(=O)COC)CC1. The van der Waals surface area contributed by atoms with Crippen molar-refractivity contribution in [2.24, 2.45) is 5.92 Å². The quantitative estimate of drug-likeness (QED) is 0.634. The summed E-state index contributed by atoms with van der Waals surface area (Å²) in [6.45, 7) is 5.07. The first-order chi connectivity index (χ1) is 14.4. The number of piperidine rings is 1. The van der Waals surface area contributed by atoms with Gasteiger partial charge in [0.05, 0.1) is 7.11 Å². The van der Waals surface area contributed by atoms with Crippen LogP contribution in [0.3, 0.4) is 0 Å². The molecule has 1 aromatic carbocycles. The van der Waals surface area contributed by atoms with E-state index in [-0.39, 0.29) is 36.3 Å². The van der Waals surface area contributed by atoms with Crippen molar-refractivity contribution in [3.05, 3.63) is 29.8 Å². The fourth-order valence-electron chi connectivity index (χ4n) is 3.50. The molecule has 2 rings (SSSR count). The molecule has 8 heteroatoms. The first-order valence-electron chi connectivity index (χ1n) is 10.4. The molecule has 1 saturated heterocycles. The normalized spacial score (nSPS) is 16.5. The van der Waals surface area contributed by atoms with Crippen LogP contribution in [0.1, 0.15) is 43.5 Å². The molecule has 3 amide bonds. The van der Waals surface area contributed by atoms with Crippen LogP contribution in [0.5, 0.6) is 5.75 Å². The number of nitrogens with one attached hydrogen (secondary N) is 2. The smallest absolute Gasteiger partial charge is 0.251 e. The van der Waals surface area contributed by atoms with E-state index in [1.54, 1.807) is 36.3 Å². The zero-order chi connectivity index (χ0) is 22.1. The lowest BCUT2D eigenvalue weighted by Crippen LogP contribution is -2.55. The molecule has 1 aliphatic heterocycles. The summed E-state index contributed by atoms with van der Waals surface area (Å²) in [5.74, 6) is 0.0557. The summed E-state index contributed by atoms with van der Waals surface area (Å²) in [5.41, 5.74) is 0.463. The zero-order valence-electron chi connectivity index (χ0n) is 18.3. The van der Waals surface area contributed by atoms with Crippen molar-refractivity contribution in [3.8, 4) is 5.75 Å². The Balaban J connectivity index is 2.09. The van der Waals surface area contributed by atoms with Gasteiger partial charge in [-0.05, 0) is 56.4 Å². The summed E-state index contributed by atoms with van der Waals surface area (Å²) in [6, 6.07) is 6.12. The molecule has 0 bridgehead atoms. The second kappa shape index (κ2) is 11.5. The van der Waals surface area contributed by atoms with Crippen molar-refractivity contribution in [1.29, 1.82) is 0 Å². The summed E-state index contributed by atoms with van der Waals surface area (Å²) in [7, 11) is 3.06. The van der Waals surface area contributed by atoms with E-state index in [1.807, 2.05) is 13.8 Å². The highest BCUT2D eigenvalue weighted by molar-refractivity contribution is 5.97. The van der Waals surface area contributed by atoms with Gasteiger partial charge < -0.3 is 25.0 Å². The number of hydrogen-bond donors (Lipinski definition) is 2. The van der Waals surface area contributed by atoms with Gasteiger partial charge in [-0.3, -0.25) is 14.4 Å². The highest BCUT2D eigenvalue weighted by atomic mass is 16.5. The monoisotopic (exact) mass is 419 g/mol. The third kappa shape index (κ3) is 6.45. The number of rotatable bonds is 9. The van der Waals surface area contributed by atoms with E-state index in [9.17, 15) is 14.4 Å². The highest BCUT2D eigenvalue weighted by Crippen LogP contribution is 2.22. The molecule has 1 heterocycles. The maximum Gasteiger partial charge on any atom is 0.251 e. The molecular weight excluding hydrogens is 386 g/mol. The molecule has 0 saturated carbocycles. The minimum atomic E-state index is -0.659. The molecule has 0 radical (unpaired) electrons. The second-order valence-corrected chi connectivity index (χ2v) is 7.65. The standard InChI is InChI=1S/C22H33N3O5/c1-5-15(2)23-22(28)20(16-10-12-25(13-11-16)19(26)14-29-3)24-21(27)17-6-8-18(30-4)9-7-17/h6-9,15-16,20H,5,10-14H2,1-4H3,(H,23,28)(H,24,27)/t15-,20+/m1/s1. The van der Waals surface area contributed by atoms with Crippen LogP contribution >= 0.6 is 0 Å². The van der Waals surface area contributed by atoms with Crippen LogP contribution in [-0.2, 0) is 14.3 Å². The number of hydrogen-bond acceptors (Lipinski definition) is 5. The summed E-state index contributed by atoms with van der Waals surface area (Å²) < 4.78 is 10.1. The predicted molar refractivity (Wildman–Crippen MR) is 113 cm³/mol. The maximum atomic E-state index is 13.0. The van der Waals surface area contributed by atoms with Crippen molar-refractivity contribution < 1.29 is 23.9 Å². The summed E-state index contributed by atoms with van der Waals surface area (Å²) >= 11 is 0. The molecule has 1 aliphatic rings. The lowest BCUT2D eigenvalue weighted by atomic mass is 9.88. The number of likely N-dealkylation sites (tertiary alicyclic amines) is 1. The summed E-state index contributed by atoms with van der Waals surface area (Å²) in [5, 5.41) is 5.90. The number of amides is 3. The lowest BCUT2D eigenvalue weighted by Gasteiger charge is -2.36. The lowest BCUT2D eigenvalue weighted by molar-refractivity contribution is -0.136. The van der Waals surface area contributed by atoms with Gasteiger partial charge in [-0.15, -0.1) is 0 Å². The van der Waals surface area contributed by atoms with Gasteiger partial charge in [-0.1, -0.05) is 6.92 Å². The van der Waals surface area contributed by atoms with E-state index >= 15 is 0 Å². The Morgan fingerprint density at radius 3 is 2.27 bits per heavy atom. The van der Waals surface area contributed by atoms with Crippen LogP contribution in [0.15, 0.2) is 24.3 Å². The Bertz CT molecular complexity index is 714. The maximum absolute atomic E-state index is 13.0. The van der Waals surface area contributed by atoms with Gasteiger partial charge >= 0.3 is 0 Å². The first kappa shape index (κ1) is 23.7. The van der Waals surface area contributed by atoms with Crippen LogP contribution in [0, 0.1) is 5.92 Å². The van der Waals surface area contributed by atoms with E-state index in [0.29, 0.717) is 37.2 Å². The molecule has 30 heavy (non-hydrogen) atoms. The summed E-state index contributed by atoms with van der Waals surface area (Å²) in [4.78, 5) is 39.5. The highest BCUT2D eigenvalue weighted by Gasteiger charge is 2.34. The largest absolute Gasteiger partial charge is 0.497 e. The van der Waals surface area contributed by atoms with Crippen LogP contribution in [0.4, 0.5) is 0 Å². The molecule has 0 spiro atoms. The number of carbonyl (C=O) groups is 3. The number of nitrogens with zero attached hydrogens (tertiary/aromatic N) is 1. The molecule has 0 aromatic heterocycles. The minimum Gasteiger partial charge on any atom is -0.497 e. The van der Waals surface area contributed by atoms with E-state index in [1.165, 1.54) is 7.11 Å². The number of methoxy groups -OCH3 is 2. The van der Waals surface area contributed by atoms with Gasteiger partial charge in [0.1, 0.15) is 18.4 Å². The first-order valence-corrected chi connectivity index (χ1v) is 10.4. The Morgan fingerprint density at radius 2 is 1.73 bits per heavy atom. The van der Waals surface area contributed by atoms with Gasteiger partial charge in [0, 0.05) is 31.8 Å². The van der Waals surface area contributed by atoms with Crippen molar-refractivity contribution >= 4 is 17.7 Å². The molecule has 0 aliphatic carbocycles. The average molecular weight is 420 g/mol. The third-order valence-electron chi connectivity index (χ3n) is 5.55. The number of carbonyl (C=O) groups excluding carboxylic acids is 3. The van der Waals surface area contributed by atoms with Gasteiger partial charge in [0.25, 0.3) is 5.91 Å². The van der Waals surface area contributed by atoms with Crippen LogP contribution in [-0.4, -0.2) is 68.6 Å². The number of ether oxygens (including phenoxy) is 2. The van der Waals surface area contributed by atoms with Gasteiger partial charge in [0.15, 0.2) is 0 Å². The fourth-order valence-corrected chi connectivity index (χ4v) is 3.50. The fraction of sp³-hybridized carbons (Fsp3) is 0.591. The third-order valence-corrected chi connectivity index (χ3v) is 5.55. The molecular formula is C22H33N3O5. The van der Waals surface area contributed by atoms with E-state index in [2.05, 4.69) is 10.6 Å². The van der Waals surface area contributed by atoms with Crippen LogP contribution in [0.25, 0.3) is 0 Å². The molecule has 8 nitrogen and oxygen atoms in total. The molecule has 1 aromatic rings. The molecule has 166 valence electrons. The van der Waals surface area contributed by atoms with Gasteiger partial charge in [0.2, 0.25) is 11.8 Å². The van der Waals surface area contributed by atoms with Crippen molar-refractivity contribution in [2.75, 3.05) is 33.9 Å². The van der Waals surface area contributed by atoms with Crippen molar-refractivity contribution in [3.63, 3.8) is 0 Å². The van der Waals surface area contributed by atoms with Crippen molar-refractivity contribution in [1.82, 2.24) is 15.5 Å². The van der Waals surface area contributed by atoms with Crippen LogP contribution in [0.2, 0.25) is 0 Å². The topological polar surface area (TPSA) is 97.0 Å². The van der Waals surface area contributed by atoms with Gasteiger partial charge in [-0.25, -0.2) is 0 Å². The predicted octanol–water partition coefficient (Wildman–Crippen LogP) is 1.59. The number of benzene rings is 1. The van der Waals surface area contributed by atoms with Crippen LogP contribution < -0.4 is 15.4 Å². The van der Waals surface area contributed by atoms with Crippen molar-refractivity contribution in [2.45, 2.75) is 45.2 Å². The molecule has 1 fully saturated rings. The average Bonchev–Trinajstić information content (AvgIpc) is 2.77. The Hall–Kier alpha value is -2.61. The Kier molecular flexibility index (Phi) is 9.11. The minimum absolute atomic E-state index is 0.0151. The van der Waals surface area contributed by atoms with Gasteiger partial charge in [-0.2, -0.15) is 0 Å². The Labute approximate surface area is 178 Å².